The van der Waals surface area contributed by atoms with E-state index in [-0.39, 0.29) is 10.6 Å². The number of benzene rings is 2. The van der Waals surface area contributed by atoms with E-state index < -0.39 is 9.84 Å². The van der Waals surface area contributed by atoms with E-state index in [0.29, 0.717) is 33.3 Å². The maximum Gasteiger partial charge on any atom is 0.191 e. The van der Waals surface area contributed by atoms with Crippen LogP contribution >= 0.6 is 35.0 Å². The van der Waals surface area contributed by atoms with Gasteiger partial charge >= 0.3 is 0 Å². The molecule has 0 fully saturated rings. The Kier molecular flexibility index (Phi) is 7.05. The summed E-state index contributed by atoms with van der Waals surface area (Å²) in [6, 6.07) is 12.1. The summed E-state index contributed by atoms with van der Waals surface area (Å²) in [7, 11) is -3.54. The first-order chi connectivity index (χ1) is 13.8. The summed E-state index contributed by atoms with van der Waals surface area (Å²) in [6.45, 7) is 6.07. The summed E-state index contributed by atoms with van der Waals surface area (Å²) in [5.41, 5.74) is 1.90. The maximum atomic E-state index is 12.8. The number of hydrogen-bond acceptors (Lipinski definition) is 5. The Hall–Kier alpha value is -1.80. The standard InChI is InChI=1S/C20H19Cl2N3O2S2/c1-3-10-25-19(13-29(26,27)17-8-4-14(2)5-9-17)23-24-20(25)28-12-15-6-7-16(21)11-18(15)22/h3-9,11H,1,10,12-13H2,2H3. The fourth-order valence-electron chi connectivity index (χ4n) is 2.62. The minimum absolute atomic E-state index is 0.237. The number of rotatable bonds is 8. The molecule has 29 heavy (non-hydrogen) atoms. The summed E-state index contributed by atoms with van der Waals surface area (Å²) >= 11 is 13.6. The van der Waals surface area contributed by atoms with Crippen LogP contribution < -0.4 is 0 Å². The van der Waals surface area contributed by atoms with E-state index in [1.54, 1.807) is 47.0 Å². The summed E-state index contributed by atoms with van der Waals surface area (Å²) in [5, 5.41) is 10.1. The zero-order valence-electron chi connectivity index (χ0n) is 15.7. The van der Waals surface area contributed by atoms with Crippen molar-refractivity contribution in [2.45, 2.75) is 35.0 Å². The molecule has 3 aromatic rings. The van der Waals surface area contributed by atoms with Gasteiger partial charge in [0.2, 0.25) is 0 Å². The summed E-state index contributed by atoms with van der Waals surface area (Å²) in [5.74, 6) is 0.685. The van der Waals surface area contributed by atoms with Crippen LogP contribution in [0.1, 0.15) is 17.0 Å². The predicted molar refractivity (Wildman–Crippen MR) is 118 cm³/mol. The number of allylic oxidation sites excluding steroid dienone is 1. The zero-order chi connectivity index (χ0) is 21.0. The smallest absolute Gasteiger partial charge is 0.191 e. The van der Waals surface area contributed by atoms with Crippen LogP contribution in [-0.4, -0.2) is 23.2 Å². The van der Waals surface area contributed by atoms with Gasteiger partial charge in [0.05, 0.1) is 4.90 Å². The lowest BCUT2D eigenvalue weighted by molar-refractivity contribution is 0.590. The molecular formula is C20H19Cl2N3O2S2. The molecule has 5 nitrogen and oxygen atoms in total. The van der Waals surface area contributed by atoms with Crippen LogP contribution in [0.15, 0.2) is 65.2 Å². The molecule has 0 saturated heterocycles. The van der Waals surface area contributed by atoms with Crippen molar-refractivity contribution >= 4 is 44.8 Å². The lowest BCUT2D eigenvalue weighted by Crippen LogP contribution is -2.11. The highest BCUT2D eigenvalue weighted by molar-refractivity contribution is 7.98. The number of aromatic nitrogens is 3. The van der Waals surface area contributed by atoms with Crippen LogP contribution in [0.4, 0.5) is 0 Å². The Balaban J connectivity index is 1.82. The number of sulfone groups is 1. The van der Waals surface area contributed by atoms with Crippen LogP contribution in [0.3, 0.4) is 0 Å². The van der Waals surface area contributed by atoms with E-state index >= 15 is 0 Å². The van der Waals surface area contributed by atoms with Crippen molar-refractivity contribution in [1.82, 2.24) is 14.8 Å². The van der Waals surface area contributed by atoms with Gasteiger partial charge in [0, 0.05) is 22.3 Å². The molecule has 0 bridgehead atoms. The van der Waals surface area contributed by atoms with Gasteiger partial charge < -0.3 is 4.57 Å². The Bertz CT molecular complexity index is 1130. The van der Waals surface area contributed by atoms with E-state index in [1.807, 2.05) is 13.0 Å². The predicted octanol–water partition coefficient (Wildman–Crippen LogP) is 5.35. The summed E-state index contributed by atoms with van der Waals surface area (Å²) in [6.07, 6.45) is 1.69. The second-order valence-corrected chi connectivity index (χ2v) is 10.2. The molecule has 9 heteroatoms. The fraction of sp³-hybridized carbons (Fsp3) is 0.200. The number of hydrogen-bond donors (Lipinski definition) is 0. The average Bonchev–Trinajstić information content (AvgIpc) is 3.03. The molecule has 0 aliphatic heterocycles. The van der Waals surface area contributed by atoms with Crippen molar-refractivity contribution in [3.8, 4) is 0 Å². The monoisotopic (exact) mass is 467 g/mol. The Labute approximate surface area is 184 Å². The first kappa shape index (κ1) is 21.9. The number of nitrogens with zero attached hydrogens (tertiary/aromatic N) is 3. The van der Waals surface area contributed by atoms with Gasteiger partial charge in [-0.05, 0) is 36.8 Å². The molecule has 0 amide bonds. The fourth-order valence-corrected chi connectivity index (χ4v) is 5.42. The van der Waals surface area contributed by atoms with Crippen molar-refractivity contribution in [3.63, 3.8) is 0 Å². The van der Waals surface area contributed by atoms with Crippen LogP contribution in [0.25, 0.3) is 0 Å². The molecule has 0 atom stereocenters. The molecule has 2 aromatic carbocycles. The van der Waals surface area contributed by atoms with Gasteiger partial charge in [-0.3, -0.25) is 0 Å². The van der Waals surface area contributed by atoms with Gasteiger partial charge in [0.1, 0.15) is 11.6 Å². The topological polar surface area (TPSA) is 64.8 Å². The van der Waals surface area contributed by atoms with Crippen LogP contribution in [0, 0.1) is 6.92 Å². The van der Waals surface area contributed by atoms with Crippen LogP contribution in [0.5, 0.6) is 0 Å². The largest absolute Gasteiger partial charge is 0.301 e. The minimum atomic E-state index is -3.54. The second kappa shape index (κ2) is 9.34. The normalized spacial score (nSPS) is 11.6. The molecule has 1 aromatic heterocycles. The first-order valence-corrected chi connectivity index (χ1v) is 12.1. The lowest BCUT2D eigenvalue weighted by atomic mass is 10.2. The third-order valence-corrected chi connectivity index (χ3v) is 7.41. The van der Waals surface area contributed by atoms with E-state index in [9.17, 15) is 8.42 Å². The molecular weight excluding hydrogens is 449 g/mol. The van der Waals surface area contributed by atoms with Crippen molar-refractivity contribution < 1.29 is 8.42 Å². The third-order valence-electron chi connectivity index (χ3n) is 4.18. The molecule has 0 spiro atoms. The highest BCUT2D eigenvalue weighted by Crippen LogP contribution is 2.29. The van der Waals surface area contributed by atoms with Crippen LogP contribution in [0.2, 0.25) is 10.0 Å². The van der Waals surface area contributed by atoms with Gasteiger partial charge in [-0.15, -0.1) is 16.8 Å². The van der Waals surface area contributed by atoms with Crippen molar-refractivity contribution in [1.29, 1.82) is 0 Å². The molecule has 0 saturated carbocycles. The zero-order valence-corrected chi connectivity index (χ0v) is 18.8. The van der Waals surface area contributed by atoms with Gasteiger partial charge in [-0.1, -0.05) is 64.8 Å². The van der Waals surface area contributed by atoms with Gasteiger partial charge in [0.25, 0.3) is 0 Å². The highest BCUT2D eigenvalue weighted by atomic mass is 35.5. The summed E-state index contributed by atoms with van der Waals surface area (Å²) < 4.78 is 27.3. The molecule has 0 aliphatic carbocycles. The minimum Gasteiger partial charge on any atom is -0.301 e. The van der Waals surface area contributed by atoms with E-state index in [2.05, 4.69) is 16.8 Å². The van der Waals surface area contributed by atoms with Crippen molar-refractivity contribution in [2.75, 3.05) is 0 Å². The van der Waals surface area contributed by atoms with Crippen LogP contribution in [-0.2, 0) is 27.9 Å². The second-order valence-electron chi connectivity index (χ2n) is 6.39. The van der Waals surface area contributed by atoms with E-state index in [0.717, 1.165) is 11.1 Å². The Morgan fingerprint density at radius 1 is 1.14 bits per heavy atom. The molecule has 0 aliphatic rings. The molecule has 0 unspecified atom stereocenters. The number of halogens is 2. The Morgan fingerprint density at radius 2 is 1.86 bits per heavy atom. The first-order valence-electron chi connectivity index (χ1n) is 8.69. The Morgan fingerprint density at radius 3 is 2.52 bits per heavy atom. The quantitative estimate of drug-likeness (QED) is 0.330. The average molecular weight is 468 g/mol. The SMILES string of the molecule is C=CCn1c(CS(=O)(=O)c2ccc(C)cc2)nnc1SCc1ccc(Cl)cc1Cl. The van der Waals surface area contributed by atoms with E-state index in [4.69, 9.17) is 23.2 Å². The number of aryl methyl sites for hydroxylation is 1. The third kappa shape index (κ3) is 5.42. The molecule has 1 heterocycles. The van der Waals surface area contributed by atoms with Crippen molar-refractivity contribution in [2.24, 2.45) is 0 Å². The molecule has 0 radical (unpaired) electrons. The maximum absolute atomic E-state index is 12.8. The van der Waals surface area contributed by atoms with Gasteiger partial charge in [-0.25, -0.2) is 8.42 Å². The van der Waals surface area contributed by atoms with E-state index in [1.165, 1.54) is 11.8 Å². The van der Waals surface area contributed by atoms with Crippen molar-refractivity contribution in [3.05, 3.63) is 82.1 Å². The summed E-state index contributed by atoms with van der Waals surface area (Å²) in [4.78, 5) is 0.262. The number of thioether (sulfide) groups is 1. The molecule has 3 rings (SSSR count). The van der Waals surface area contributed by atoms with Gasteiger partial charge in [0.15, 0.2) is 15.0 Å². The highest BCUT2D eigenvalue weighted by Gasteiger charge is 2.21. The lowest BCUT2D eigenvalue weighted by Gasteiger charge is -2.09. The molecule has 0 N–H and O–H groups in total. The molecule has 152 valence electrons. The van der Waals surface area contributed by atoms with Gasteiger partial charge in [-0.2, -0.15) is 0 Å².